The van der Waals surface area contributed by atoms with Crippen LogP contribution in [0, 0.1) is 5.82 Å². The lowest BCUT2D eigenvalue weighted by Gasteiger charge is -2.12. The van der Waals surface area contributed by atoms with Gasteiger partial charge in [-0.15, -0.1) is 0 Å². The van der Waals surface area contributed by atoms with Crippen LogP contribution in [0.25, 0.3) is 10.3 Å². The zero-order chi connectivity index (χ0) is 20.7. The van der Waals surface area contributed by atoms with Gasteiger partial charge >= 0.3 is 5.69 Å². The molecular weight excluding hydrogens is 465 g/mol. The number of fused-ring (bicyclic) bond motifs is 1. The minimum Gasteiger partial charge on any atom is -0.348 e. The van der Waals surface area contributed by atoms with Gasteiger partial charge in [-0.2, -0.15) is 0 Å². The number of halogens is 2. The Bertz CT molecular complexity index is 1230. The normalized spacial score (nSPS) is 14.0. The van der Waals surface area contributed by atoms with Crippen molar-refractivity contribution >= 4 is 54.3 Å². The lowest BCUT2D eigenvalue weighted by Crippen LogP contribution is -2.40. The van der Waals surface area contributed by atoms with Crippen LogP contribution in [0.5, 0.6) is 0 Å². The fourth-order valence-electron chi connectivity index (χ4n) is 3.24. The van der Waals surface area contributed by atoms with Gasteiger partial charge in [0.05, 0.1) is 5.69 Å². The summed E-state index contributed by atoms with van der Waals surface area (Å²) in [5, 5.41) is 3.12. The summed E-state index contributed by atoms with van der Waals surface area (Å²) in [5.74, 6) is -1.19. The third-order valence-corrected chi connectivity index (χ3v) is 6.34. The molecule has 1 fully saturated rings. The quantitative estimate of drug-likeness (QED) is 0.617. The molecule has 1 aliphatic heterocycles. The first-order valence-electron chi connectivity index (χ1n) is 8.95. The SMILES string of the molecule is Cn1c(=O)c2sc(N3CCCC3)nc2n(CC(=O)Nc2ccc(Br)cc2F)c1=O. The molecule has 4 rings (SSSR count). The molecule has 0 spiro atoms. The predicted molar refractivity (Wildman–Crippen MR) is 113 cm³/mol. The highest BCUT2D eigenvalue weighted by molar-refractivity contribution is 9.10. The van der Waals surface area contributed by atoms with Gasteiger partial charge in [-0.05, 0) is 31.0 Å². The fraction of sp³-hybridized carbons (Fsp3) is 0.333. The summed E-state index contributed by atoms with van der Waals surface area (Å²) in [6.45, 7) is 1.30. The van der Waals surface area contributed by atoms with Crippen LogP contribution >= 0.6 is 27.3 Å². The summed E-state index contributed by atoms with van der Waals surface area (Å²) in [4.78, 5) is 44.2. The molecule has 1 aromatic carbocycles. The van der Waals surface area contributed by atoms with Crippen molar-refractivity contribution in [3.63, 3.8) is 0 Å². The number of benzene rings is 1. The van der Waals surface area contributed by atoms with Crippen molar-refractivity contribution in [3.8, 4) is 0 Å². The first-order valence-corrected chi connectivity index (χ1v) is 10.6. The second-order valence-corrected chi connectivity index (χ2v) is 8.64. The topological polar surface area (TPSA) is 89.2 Å². The average Bonchev–Trinajstić information content (AvgIpc) is 3.35. The number of hydrogen-bond acceptors (Lipinski definition) is 6. The molecule has 1 saturated heterocycles. The van der Waals surface area contributed by atoms with E-state index in [9.17, 15) is 18.8 Å². The minimum absolute atomic E-state index is 0.00310. The average molecular weight is 482 g/mol. The lowest BCUT2D eigenvalue weighted by atomic mass is 10.3. The van der Waals surface area contributed by atoms with Gasteiger partial charge in [0, 0.05) is 24.6 Å². The van der Waals surface area contributed by atoms with Crippen molar-refractivity contribution < 1.29 is 9.18 Å². The molecule has 1 amide bonds. The monoisotopic (exact) mass is 481 g/mol. The molecule has 152 valence electrons. The predicted octanol–water partition coefficient (Wildman–Crippen LogP) is 2.30. The molecule has 29 heavy (non-hydrogen) atoms. The number of carbonyl (C=O) groups is 1. The highest BCUT2D eigenvalue weighted by Gasteiger charge is 2.22. The third-order valence-electron chi connectivity index (χ3n) is 4.75. The summed E-state index contributed by atoms with van der Waals surface area (Å²) in [6.07, 6.45) is 2.09. The number of nitrogens with one attached hydrogen (secondary N) is 1. The van der Waals surface area contributed by atoms with E-state index in [2.05, 4.69) is 31.1 Å². The van der Waals surface area contributed by atoms with E-state index in [1.807, 2.05) is 0 Å². The summed E-state index contributed by atoms with van der Waals surface area (Å²) in [5.41, 5.74) is -0.907. The van der Waals surface area contributed by atoms with E-state index in [1.54, 1.807) is 6.07 Å². The fourth-order valence-corrected chi connectivity index (χ4v) is 4.68. The summed E-state index contributed by atoms with van der Waals surface area (Å²) in [7, 11) is 1.36. The van der Waals surface area contributed by atoms with E-state index >= 15 is 0 Å². The molecule has 0 saturated carbocycles. The van der Waals surface area contributed by atoms with E-state index in [4.69, 9.17) is 0 Å². The van der Waals surface area contributed by atoms with E-state index in [1.165, 1.54) is 30.5 Å². The first-order chi connectivity index (χ1) is 13.8. The Labute approximate surface area is 176 Å². The standard InChI is InChI=1S/C18H17BrFN5O3S/c1-23-16(27)14-15(22-17(29-14)24-6-2-3-7-24)25(18(23)28)9-13(26)21-12-5-4-10(19)8-11(12)20/h4-5,8H,2-3,6-7,9H2,1H3,(H,21,26). The second kappa shape index (κ2) is 7.71. The molecule has 3 heterocycles. The molecule has 11 heteroatoms. The van der Waals surface area contributed by atoms with Crippen molar-refractivity contribution in [1.82, 2.24) is 14.1 Å². The van der Waals surface area contributed by atoms with Gasteiger partial charge in [0.2, 0.25) is 5.91 Å². The molecule has 0 unspecified atom stereocenters. The van der Waals surface area contributed by atoms with E-state index in [-0.39, 0.29) is 17.9 Å². The van der Waals surface area contributed by atoms with Crippen molar-refractivity contribution in [2.75, 3.05) is 23.3 Å². The van der Waals surface area contributed by atoms with Crippen LogP contribution in [-0.2, 0) is 18.4 Å². The minimum atomic E-state index is -0.646. The Morgan fingerprint density at radius 3 is 2.72 bits per heavy atom. The Morgan fingerprint density at radius 1 is 1.31 bits per heavy atom. The van der Waals surface area contributed by atoms with E-state index in [0.717, 1.165) is 35.1 Å². The zero-order valence-electron chi connectivity index (χ0n) is 15.4. The van der Waals surface area contributed by atoms with Crippen LogP contribution in [0.3, 0.4) is 0 Å². The van der Waals surface area contributed by atoms with Crippen molar-refractivity contribution in [1.29, 1.82) is 0 Å². The number of amides is 1. The molecule has 8 nitrogen and oxygen atoms in total. The van der Waals surface area contributed by atoms with E-state index in [0.29, 0.717) is 14.3 Å². The second-order valence-electron chi connectivity index (χ2n) is 6.75. The van der Waals surface area contributed by atoms with Gasteiger partial charge in [0.25, 0.3) is 5.56 Å². The van der Waals surface area contributed by atoms with Gasteiger partial charge in [-0.3, -0.25) is 18.7 Å². The van der Waals surface area contributed by atoms with Gasteiger partial charge in [-0.1, -0.05) is 27.3 Å². The Morgan fingerprint density at radius 2 is 2.03 bits per heavy atom. The van der Waals surface area contributed by atoms with Crippen LogP contribution in [0.2, 0.25) is 0 Å². The largest absolute Gasteiger partial charge is 0.348 e. The third kappa shape index (κ3) is 3.71. The number of nitrogens with zero attached hydrogens (tertiary/aromatic N) is 4. The highest BCUT2D eigenvalue weighted by atomic mass is 79.9. The highest BCUT2D eigenvalue weighted by Crippen LogP contribution is 2.28. The summed E-state index contributed by atoms with van der Waals surface area (Å²) in [6, 6.07) is 4.25. The van der Waals surface area contributed by atoms with Crippen molar-refractivity contribution in [2.24, 2.45) is 7.05 Å². The molecule has 1 aliphatic rings. The maximum Gasteiger partial charge on any atom is 0.332 e. The molecule has 3 aromatic rings. The van der Waals surface area contributed by atoms with Crippen LogP contribution in [-0.4, -0.2) is 33.1 Å². The molecular formula is C18H17BrFN5O3S. The van der Waals surface area contributed by atoms with Gasteiger partial charge in [-0.25, -0.2) is 14.2 Å². The zero-order valence-corrected chi connectivity index (χ0v) is 17.8. The van der Waals surface area contributed by atoms with Gasteiger partial charge < -0.3 is 10.2 Å². The van der Waals surface area contributed by atoms with Gasteiger partial charge in [0.1, 0.15) is 17.1 Å². The molecule has 0 radical (unpaired) electrons. The number of rotatable bonds is 4. The Balaban J connectivity index is 1.71. The number of thiazole rings is 1. The number of aromatic nitrogens is 3. The summed E-state index contributed by atoms with van der Waals surface area (Å²) < 4.78 is 17.0. The van der Waals surface area contributed by atoms with Gasteiger partial charge in [0.15, 0.2) is 10.8 Å². The van der Waals surface area contributed by atoms with Crippen molar-refractivity contribution in [2.45, 2.75) is 19.4 Å². The number of carbonyl (C=O) groups excluding carboxylic acids is 1. The molecule has 0 aliphatic carbocycles. The molecule has 1 N–H and O–H groups in total. The maximum absolute atomic E-state index is 14.0. The Kier molecular flexibility index (Phi) is 5.26. The van der Waals surface area contributed by atoms with E-state index < -0.39 is 23.0 Å². The van der Waals surface area contributed by atoms with Crippen LogP contribution in [0.15, 0.2) is 32.3 Å². The molecule has 0 atom stereocenters. The number of anilines is 2. The maximum atomic E-state index is 14.0. The van der Waals surface area contributed by atoms with Crippen LogP contribution in [0.1, 0.15) is 12.8 Å². The molecule has 2 aromatic heterocycles. The summed E-state index contributed by atoms with van der Waals surface area (Å²) >= 11 is 4.37. The van der Waals surface area contributed by atoms with Crippen molar-refractivity contribution in [3.05, 3.63) is 49.3 Å². The van der Waals surface area contributed by atoms with Crippen LogP contribution < -0.4 is 21.5 Å². The van der Waals surface area contributed by atoms with Crippen LogP contribution in [0.4, 0.5) is 15.2 Å². The molecule has 0 bridgehead atoms. The number of hydrogen-bond donors (Lipinski definition) is 1. The lowest BCUT2D eigenvalue weighted by molar-refractivity contribution is -0.116. The smallest absolute Gasteiger partial charge is 0.332 e. The first kappa shape index (κ1) is 19.8. The Hall–Kier alpha value is -2.53.